The smallest absolute Gasteiger partial charge is 0.167 e. The molecular weight excluding hydrogens is 368 g/mol. The maximum atomic E-state index is 11.3. The van der Waals surface area contributed by atoms with E-state index in [0.717, 1.165) is 34.1 Å². The van der Waals surface area contributed by atoms with Crippen molar-refractivity contribution in [3.05, 3.63) is 48.3 Å². The SMILES string of the molecule is Nc1c(CC=O)c(N2CCOCC2)nc2c(-c3cnc4ccccc4c3)cnn12. The number of fused-ring (bicyclic) bond motifs is 2. The molecule has 8 nitrogen and oxygen atoms in total. The van der Waals surface area contributed by atoms with Gasteiger partial charge in [-0.15, -0.1) is 0 Å². The van der Waals surface area contributed by atoms with Gasteiger partial charge in [-0.3, -0.25) is 4.98 Å². The van der Waals surface area contributed by atoms with Crippen LogP contribution >= 0.6 is 0 Å². The minimum Gasteiger partial charge on any atom is -0.383 e. The van der Waals surface area contributed by atoms with E-state index in [1.807, 2.05) is 30.5 Å². The van der Waals surface area contributed by atoms with E-state index in [-0.39, 0.29) is 6.42 Å². The number of rotatable bonds is 4. The molecule has 3 aromatic heterocycles. The van der Waals surface area contributed by atoms with Gasteiger partial charge in [0.2, 0.25) is 0 Å². The van der Waals surface area contributed by atoms with Gasteiger partial charge in [0.25, 0.3) is 0 Å². The molecule has 1 fully saturated rings. The van der Waals surface area contributed by atoms with Crippen molar-refractivity contribution in [3.8, 4) is 11.1 Å². The molecule has 4 heterocycles. The van der Waals surface area contributed by atoms with E-state index in [0.29, 0.717) is 43.3 Å². The molecule has 8 heteroatoms. The van der Waals surface area contributed by atoms with Gasteiger partial charge in [0.15, 0.2) is 5.65 Å². The highest BCUT2D eigenvalue weighted by Gasteiger charge is 2.22. The van der Waals surface area contributed by atoms with Crippen LogP contribution in [0.15, 0.2) is 42.7 Å². The van der Waals surface area contributed by atoms with Crippen LogP contribution in [-0.4, -0.2) is 52.2 Å². The molecule has 0 atom stereocenters. The molecule has 0 spiro atoms. The number of benzene rings is 1. The van der Waals surface area contributed by atoms with Crippen LogP contribution in [-0.2, 0) is 16.0 Å². The lowest BCUT2D eigenvalue weighted by Crippen LogP contribution is -2.37. The summed E-state index contributed by atoms with van der Waals surface area (Å²) in [6.07, 6.45) is 4.61. The Hall–Kier alpha value is -3.52. The van der Waals surface area contributed by atoms with Crippen LogP contribution in [0, 0.1) is 0 Å². The first-order valence-corrected chi connectivity index (χ1v) is 9.54. The fourth-order valence-corrected chi connectivity index (χ4v) is 3.77. The van der Waals surface area contributed by atoms with Gasteiger partial charge in [-0.25, -0.2) is 4.98 Å². The number of aromatic nitrogens is 4. The van der Waals surface area contributed by atoms with Gasteiger partial charge >= 0.3 is 0 Å². The van der Waals surface area contributed by atoms with Crippen molar-refractivity contribution in [2.75, 3.05) is 36.9 Å². The van der Waals surface area contributed by atoms with Crippen LogP contribution in [0.1, 0.15) is 5.56 Å². The van der Waals surface area contributed by atoms with E-state index in [2.05, 4.69) is 21.0 Å². The molecule has 4 aromatic rings. The Morgan fingerprint density at radius 1 is 1.17 bits per heavy atom. The Morgan fingerprint density at radius 3 is 2.83 bits per heavy atom. The second-order valence-corrected chi connectivity index (χ2v) is 6.98. The molecule has 1 saturated heterocycles. The normalized spacial score (nSPS) is 14.6. The van der Waals surface area contributed by atoms with Crippen molar-refractivity contribution < 1.29 is 9.53 Å². The highest BCUT2D eigenvalue weighted by Crippen LogP contribution is 2.32. The van der Waals surface area contributed by atoms with Crippen molar-refractivity contribution in [3.63, 3.8) is 0 Å². The van der Waals surface area contributed by atoms with Crippen LogP contribution in [0.4, 0.5) is 11.6 Å². The second-order valence-electron chi connectivity index (χ2n) is 6.98. The zero-order valence-electron chi connectivity index (χ0n) is 15.8. The number of hydrogen-bond donors (Lipinski definition) is 1. The quantitative estimate of drug-likeness (QED) is 0.535. The predicted octanol–water partition coefficient (Wildman–Crippen LogP) is 2.10. The molecule has 0 bridgehead atoms. The number of carbonyl (C=O) groups is 1. The van der Waals surface area contributed by atoms with Gasteiger partial charge in [-0.2, -0.15) is 9.61 Å². The lowest BCUT2D eigenvalue weighted by Gasteiger charge is -2.29. The zero-order chi connectivity index (χ0) is 19.8. The third-order valence-electron chi connectivity index (χ3n) is 5.26. The molecule has 0 amide bonds. The third-order valence-corrected chi connectivity index (χ3v) is 5.26. The zero-order valence-corrected chi connectivity index (χ0v) is 15.8. The first-order valence-electron chi connectivity index (χ1n) is 9.54. The number of morpholine rings is 1. The van der Waals surface area contributed by atoms with Crippen molar-refractivity contribution >= 4 is 34.5 Å². The highest BCUT2D eigenvalue weighted by atomic mass is 16.5. The van der Waals surface area contributed by atoms with E-state index in [1.165, 1.54) is 0 Å². The molecule has 0 aliphatic carbocycles. The molecule has 5 rings (SSSR count). The average molecular weight is 388 g/mol. The summed E-state index contributed by atoms with van der Waals surface area (Å²) in [7, 11) is 0. The minimum atomic E-state index is 0.189. The molecule has 29 heavy (non-hydrogen) atoms. The van der Waals surface area contributed by atoms with Gasteiger partial charge in [0.05, 0.1) is 24.9 Å². The number of pyridine rings is 1. The Labute approximate surface area is 166 Å². The van der Waals surface area contributed by atoms with Crippen molar-refractivity contribution in [2.24, 2.45) is 0 Å². The molecule has 0 radical (unpaired) electrons. The molecular formula is C21H20N6O2. The van der Waals surface area contributed by atoms with E-state index in [1.54, 1.807) is 10.7 Å². The van der Waals surface area contributed by atoms with Gasteiger partial charge in [0.1, 0.15) is 17.9 Å². The van der Waals surface area contributed by atoms with Crippen LogP contribution in [0.5, 0.6) is 0 Å². The number of para-hydroxylation sites is 1. The standard InChI is InChI=1S/C21H20N6O2/c22-19-16(5-8-28)20(26-6-9-29-10-7-26)25-21-17(13-24-27(19)21)15-11-14-3-1-2-4-18(14)23-12-15/h1-4,8,11-13H,5-7,9-10,22H2. The Morgan fingerprint density at radius 2 is 2.00 bits per heavy atom. The molecule has 0 unspecified atom stereocenters. The van der Waals surface area contributed by atoms with Gasteiger partial charge in [-0.1, -0.05) is 18.2 Å². The Kier molecular flexibility index (Phi) is 4.33. The number of nitrogens with zero attached hydrogens (tertiary/aromatic N) is 5. The molecule has 1 aliphatic rings. The van der Waals surface area contributed by atoms with Crippen LogP contribution < -0.4 is 10.6 Å². The summed E-state index contributed by atoms with van der Waals surface area (Å²) in [6, 6.07) is 10.0. The number of aldehydes is 1. The molecule has 146 valence electrons. The summed E-state index contributed by atoms with van der Waals surface area (Å²) in [4.78, 5) is 22.9. The van der Waals surface area contributed by atoms with Crippen molar-refractivity contribution in [2.45, 2.75) is 6.42 Å². The average Bonchev–Trinajstić information content (AvgIpc) is 3.20. The second kappa shape index (κ2) is 7.14. The lowest BCUT2D eigenvalue weighted by atomic mass is 10.1. The molecule has 0 saturated carbocycles. The van der Waals surface area contributed by atoms with Crippen LogP contribution in [0.3, 0.4) is 0 Å². The van der Waals surface area contributed by atoms with Crippen LogP contribution in [0.25, 0.3) is 27.7 Å². The Balaban J connectivity index is 1.70. The van der Waals surface area contributed by atoms with E-state index in [9.17, 15) is 4.79 Å². The summed E-state index contributed by atoms with van der Waals surface area (Å²) in [6.45, 7) is 2.65. The topological polar surface area (TPSA) is 98.6 Å². The fraction of sp³-hybridized carbons (Fsp3) is 0.238. The number of anilines is 2. The minimum absolute atomic E-state index is 0.189. The summed E-state index contributed by atoms with van der Waals surface area (Å²) in [5.41, 5.74) is 10.5. The maximum absolute atomic E-state index is 11.3. The maximum Gasteiger partial charge on any atom is 0.167 e. The monoisotopic (exact) mass is 388 g/mol. The Bertz CT molecular complexity index is 1210. The summed E-state index contributed by atoms with van der Waals surface area (Å²) in [5.74, 6) is 1.16. The highest BCUT2D eigenvalue weighted by molar-refractivity contribution is 5.87. The third kappa shape index (κ3) is 2.98. The van der Waals surface area contributed by atoms with E-state index < -0.39 is 0 Å². The van der Waals surface area contributed by atoms with Gasteiger partial charge in [0, 0.05) is 47.8 Å². The number of hydrogen-bond acceptors (Lipinski definition) is 7. The summed E-state index contributed by atoms with van der Waals surface area (Å²) in [5, 5.41) is 5.49. The van der Waals surface area contributed by atoms with Gasteiger partial charge < -0.3 is 20.2 Å². The van der Waals surface area contributed by atoms with Crippen molar-refractivity contribution in [1.29, 1.82) is 0 Å². The molecule has 1 aromatic carbocycles. The molecule has 1 aliphatic heterocycles. The van der Waals surface area contributed by atoms with E-state index in [4.69, 9.17) is 15.5 Å². The van der Waals surface area contributed by atoms with Gasteiger partial charge in [-0.05, 0) is 12.1 Å². The van der Waals surface area contributed by atoms with Crippen LogP contribution in [0.2, 0.25) is 0 Å². The van der Waals surface area contributed by atoms with E-state index >= 15 is 0 Å². The summed E-state index contributed by atoms with van der Waals surface area (Å²) < 4.78 is 7.07. The summed E-state index contributed by atoms with van der Waals surface area (Å²) >= 11 is 0. The molecule has 2 N–H and O–H groups in total. The number of nitrogen functional groups attached to an aromatic ring is 1. The first-order chi connectivity index (χ1) is 14.3. The number of nitrogens with two attached hydrogens (primary N) is 1. The van der Waals surface area contributed by atoms with Crippen molar-refractivity contribution in [1.82, 2.24) is 19.6 Å². The number of carbonyl (C=O) groups excluding carboxylic acids is 1. The predicted molar refractivity (Wildman–Crippen MR) is 111 cm³/mol. The fourth-order valence-electron chi connectivity index (χ4n) is 3.77. The number of ether oxygens (including phenoxy) is 1. The largest absolute Gasteiger partial charge is 0.383 e. The lowest BCUT2D eigenvalue weighted by molar-refractivity contribution is -0.107. The first kappa shape index (κ1) is 17.6.